The molecular weight excluding hydrogens is 322 g/mol. The quantitative estimate of drug-likeness (QED) is 0.718. The van der Waals surface area contributed by atoms with Gasteiger partial charge in [0.2, 0.25) is 0 Å². The first-order valence-electron chi connectivity index (χ1n) is 9.61. The lowest BCUT2D eigenvalue weighted by Crippen LogP contribution is -2.36. The van der Waals surface area contributed by atoms with E-state index in [0.717, 1.165) is 48.1 Å². The number of hydrogen-bond acceptors (Lipinski definition) is 2. The van der Waals surface area contributed by atoms with E-state index in [4.69, 9.17) is 0 Å². The molecule has 0 spiro atoms. The Morgan fingerprint density at radius 3 is 2.54 bits per heavy atom. The molecule has 2 N–H and O–H groups in total. The topological polar surface area (TPSA) is 57.8 Å². The van der Waals surface area contributed by atoms with Crippen LogP contribution in [0.3, 0.4) is 0 Å². The molecule has 4 heteroatoms. The van der Waals surface area contributed by atoms with E-state index in [2.05, 4.69) is 27.4 Å². The smallest absolute Gasteiger partial charge is 0.251 e. The fourth-order valence-electron chi connectivity index (χ4n) is 3.73. The number of carbonyl (C=O) groups excluding carboxylic acids is 1. The Morgan fingerprint density at radius 2 is 1.77 bits per heavy atom. The van der Waals surface area contributed by atoms with Crippen molar-refractivity contribution in [2.24, 2.45) is 0 Å². The van der Waals surface area contributed by atoms with Crippen LogP contribution in [0.5, 0.6) is 0 Å². The predicted molar refractivity (Wildman–Crippen MR) is 104 cm³/mol. The molecule has 1 heterocycles. The fraction of sp³-hybridized carbons (Fsp3) is 0.364. The Labute approximate surface area is 154 Å². The summed E-state index contributed by atoms with van der Waals surface area (Å²) >= 11 is 0. The first-order valence-corrected chi connectivity index (χ1v) is 9.61. The van der Waals surface area contributed by atoms with Crippen LogP contribution >= 0.6 is 0 Å². The van der Waals surface area contributed by atoms with Gasteiger partial charge < -0.3 is 10.3 Å². The van der Waals surface area contributed by atoms with Gasteiger partial charge in [-0.15, -0.1) is 0 Å². The molecule has 1 amide bonds. The second kappa shape index (κ2) is 7.73. The summed E-state index contributed by atoms with van der Waals surface area (Å²) in [5.41, 5.74) is 4.07. The zero-order valence-electron chi connectivity index (χ0n) is 15.0. The fourth-order valence-corrected chi connectivity index (χ4v) is 3.73. The molecule has 1 fully saturated rings. The van der Waals surface area contributed by atoms with E-state index in [0.29, 0.717) is 6.04 Å². The first kappa shape index (κ1) is 16.8. The molecule has 0 radical (unpaired) electrons. The average molecular weight is 347 g/mol. The van der Waals surface area contributed by atoms with Crippen LogP contribution in [0.25, 0.3) is 11.0 Å². The number of carbonyl (C=O) groups is 1. The van der Waals surface area contributed by atoms with Gasteiger partial charge >= 0.3 is 0 Å². The molecule has 0 aliphatic heterocycles. The maximum atomic E-state index is 12.4. The van der Waals surface area contributed by atoms with Crippen LogP contribution < -0.4 is 5.32 Å². The summed E-state index contributed by atoms with van der Waals surface area (Å²) in [6.45, 7) is 0. The van der Waals surface area contributed by atoms with Crippen molar-refractivity contribution in [2.45, 2.75) is 51.0 Å². The molecule has 0 unspecified atom stereocenters. The van der Waals surface area contributed by atoms with Gasteiger partial charge in [-0.2, -0.15) is 0 Å². The largest absolute Gasteiger partial charge is 0.349 e. The second-order valence-electron chi connectivity index (χ2n) is 7.21. The average Bonchev–Trinajstić information content (AvgIpc) is 3.10. The predicted octanol–water partition coefficient (Wildman–Crippen LogP) is 4.41. The molecular formula is C22H25N3O. The van der Waals surface area contributed by atoms with Crippen molar-refractivity contribution in [1.82, 2.24) is 15.3 Å². The van der Waals surface area contributed by atoms with E-state index >= 15 is 0 Å². The lowest BCUT2D eigenvalue weighted by atomic mass is 9.95. The van der Waals surface area contributed by atoms with Crippen LogP contribution in [0.2, 0.25) is 0 Å². The van der Waals surface area contributed by atoms with Gasteiger partial charge in [0.25, 0.3) is 5.91 Å². The number of para-hydroxylation sites is 2. The summed E-state index contributed by atoms with van der Waals surface area (Å²) in [5, 5.41) is 3.17. The Morgan fingerprint density at radius 1 is 1.00 bits per heavy atom. The van der Waals surface area contributed by atoms with E-state index in [9.17, 15) is 4.79 Å². The molecule has 0 saturated heterocycles. The number of aromatic nitrogens is 2. The lowest BCUT2D eigenvalue weighted by molar-refractivity contribution is 0.0927. The molecule has 1 saturated carbocycles. The lowest BCUT2D eigenvalue weighted by Gasteiger charge is -2.22. The summed E-state index contributed by atoms with van der Waals surface area (Å²) in [6, 6.07) is 16.4. The highest BCUT2D eigenvalue weighted by atomic mass is 16.1. The number of nitrogens with one attached hydrogen (secondary N) is 2. The van der Waals surface area contributed by atoms with Crippen molar-refractivity contribution < 1.29 is 4.79 Å². The SMILES string of the molecule is O=C(NC1CCCCC1)c1ccc(CCc2nc3ccccc3[nH]2)cc1. The van der Waals surface area contributed by atoms with Gasteiger partial charge in [0, 0.05) is 18.0 Å². The van der Waals surface area contributed by atoms with E-state index in [1.54, 1.807) is 0 Å². The second-order valence-corrected chi connectivity index (χ2v) is 7.21. The van der Waals surface area contributed by atoms with Crippen molar-refractivity contribution in [3.63, 3.8) is 0 Å². The Bertz CT molecular complexity index is 843. The number of fused-ring (bicyclic) bond motifs is 1. The monoisotopic (exact) mass is 347 g/mol. The number of H-pyrrole nitrogens is 1. The van der Waals surface area contributed by atoms with Gasteiger partial charge in [0.15, 0.2) is 0 Å². The van der Waals surface area contributed by atoms with Crippen LogP contribution in [-0.2, 0) is 12.8 Å². The third kappa shape index (κ3) is 3.96. The third-order valence-corrected chi connectivity index (χ3v) is 5.25. The van der Waals surface area contributed by atoms with Crippen molar-refractivity contribution in [1.29, 1.82) is 0 Å². The molecule has 1 aliphatic carbocycles. The summed E-state index contributed by atoms with van der Waals surface area (Å²) in [6.07, 6.45) is 7.75. The number of nitrogens with zero attached hydrogens (tertiary/aromatic N) is 1. The molecule has 3 aromatic rings. The van der Waals surface area contributed by atoms with E-state index in [-0.39, 0.29) is 5.91 Å². The van der Waals surface area contributed by atoms with Crippen LogP contribution in [0.4, 0.5) is 0 Å². The minimum absolute atomic E-state index is 0.0562. The maximum Gasteiger partial charge on any atom is 0.251 e. The normalized spacial score (nSPS) is 15.2. The molecule has 2 aromatic carbocycles. The van der Waals surface area contributed by atoms with Gasteiger partial charge in [-0.25, -0.2) is 4.98 Å². The number of aromatic amines is 1. The highest BCUT2D eigenvalue weighted by Crippen LogP contribution is 2.18. The molecule has 0 atom stereocenters. The number of hydrogen-bond donors (Lipinski definition) is 2. The highest BCUT2D eigenvalue weighted by Gasteiger charge is 2.16. The van der Waals surface area contributed by atoms with Crippen LogP contribution in [0.15, 0.2) is 48.5 Å². The van der Waals surface area contributed by atoms with Gasteiger partial charge in [-0.1, -0.05) is 43.5 Å². The zero-order chi connectivity index (χ0) is 17.8. The number of rotatable bonds is 5. The molecule has 1 aromatic heterocycles. The highest BCUT2D eigenvalue weighted by molar-refractivity contribution is 5.94. The number of aryl methyl sites for hydroxylation is 2. The van der Waals surface area contributed by atoms with E-state index in [1.165, 1.54) is 24.8 Å². The minimum atomic E-state index is 0.0562. The Hall–Kier alpha value is -2.62. The van der Waals surface area contributed by atoms with Crippen LogP contribution in [0.1, 0.15) is 53.8 Å². The van der Waals surface area contributed by atoms with Crippen molar-refractivity contribution >= 4 is 16.9 Å². The Balaban J connectivity index is 1.34. The number of benzene rings is 2. The maximum absolute atomic E-state index is 12.4. The number of imidazole rings is 1. The van der Waals surface area contributed by atoms with E-state index in [1.807, 2.05) is 36.4 Å². The number of amides is 1. The van der Waals surface area contributed by atoms with Crippen molar-refractivity contribution in [2.75, 3.05) is 0 Å². The van der Waals surface area contributed by atoms with Gasteiger partial charge in [0.05, 0.1) is 11.0 Å². The van der Waals surface area contributed by atoms with Crippen molar-refractivity contribution in [3.05, 3.63) is 65.5 Å². The molecule has 1 aliphatic rings. The molecule has 4 nitrogen and oxygen atoms in total. The third-order valence-electron chi connectivity index (χ3n) is 5.25. The minimum Gasteiger partial charge on any atom is -0.349 e. The molecule has 0 bridgehead atoms. The van der Waals surface area contributed by atoms with Gasteiger partial charge in [-0.3, -0.25) is 4.79 Å². The van der Waals surface area contributed by atoms with Crippen molar-refractivity contribution in [3.8, 4) is 0 Å². The van der Waals surface area contributed by atoms with Gasteiger partial charge in [-0.05, 0) is 49.1 Å². The molecule has 26 heavy (non-hydrogen) atoms. The summed E-state index contributed by atoms with van der Waals surface area (Å²) in [4.78, 5) is 20.4. The first-order chi connectivity index (χ1) is 12.8. The molecule has 4 rings (SSSR count). The Kier molecular flexibility index (Phi) is 5.00. The summed E-state index contributed by atoms with van der Waals surface area (Å²) in [5.74, 6) is 1.06. The van der Waals surface area contributed by atoms with Crippen LogP contribution in [0, 0.1) is 0 Å². The van der Waals surface area contributed by atoms with E-state index < -0.39 is 0 Å². The zero-order valence-corrected chi connectivity index (χ0v) is 15.0. The molecule has 134 valence electrons. The summed E-state index contributed by atoms with van der Waals surface area (Å²) in [7, 11) is 0. The van der Waals surface area contributed by atoms with Gasteiger partial charge in [0.1, 0.15) is 5.82 Å². The van der Waals surface area contributed by atoms with Crippen LogP contribution in [-0.4, -0.2) is 21.9 Å². The standard InChI is InChI=1S/C22H25N3O/c26-22(23-18-6-2-1-3-7-18)17-13-10-16(11-14-17)12-15-21-24-19-8-4-5-9-20(19)25-21/h4-5,8-11,13-14,18H,1-3,6-7,12,15H2,(H,23,26)(H,24,25). The summed E-state index contributed by atoms with van der Waals surface area (Å²) < 4.78 is 0.